The Morgan fingerprint density at radius 1 is 0.340 bits per heavy atom. The van der Waals surface area contributed by atoms with E-state index in [0.717, 1.165) is 6.42 Å². The van der Waals surface area contributed by atoms with Gasteiger partial charge in [-0.25, -0.2) is 0 Å². The van der Waals surface area contributed by atoms with Gasteiger partial charge in [-0.15, -0.1) is 0 Å². The molecular weight excluding hydrogens is 601 g/mol. The lowest BCUT2D eigenvalue weighted by Crippen LogP contribution is -1.92. The predicted molar refractivity (Wildman–Crippen MR) is 216 cm³/mol. The van der Waals surface area contributed by atoms with E-state index in [9.17, 15) is 0 Å². The smallest absolute Gasteiger partial charge is 0.00201 e. The molecule has 1 aliphatic rings. The normalized spacial score (nSPS) is 13.2. The summed E-state index contributed by atoms with van der Waals surface area (Å²) in [5.41, 5.74) is 14.0. The van der Waals surface area contributed by atoms with Crippen molar-refractivity contribution in [1.82, 2.24) is 0 Å². The molecule has 0 heterocycles. The van der Waals surface area contributed by atoms with Gasteiger partial charge in [0.05, 0.1) is 0 Å². The Labute approximate surface area is 294 Å². The lowest BCUT2D eigenvalue weighted by molar-refractivity contribution is 1.23. The molecule has 0 saturated heterocycles. The molecule has 0 atom stereocenters. The van der Waals surface area contributed by atoms with E-state index in [1.54, 1.807) is 0 Å². The molecule has 236 valence electrons. The summed E-state index contributed by atoms with van der Waals surface area (Å²) in [6.45, 7) is 2.24. The molecule has 0 spiro atoms. The minimum Gasteiger partial charge on any atom is -0.0683 e. The summed E-state index contributed by atoms with van der Waals surface area (Å²) in [4.78, 5) is 0. The van der Waals surface area contributed by atoms with Crippen LogP contribution in [0.1, 0.15) is 24.5 Å². The summed E-state index contributed by atoms with van der Waals surface area (Å²) < 4.78 is 0. The SMILES string of the molecule is CC1=CC(c2ccc(-c3c4ccccc4c(-c4ccc(-c5ccccc5)c5ccccc45)c4ccccc34)cc2)=CC=C(c2ccccc2)C1. The van der Waals surface area contributed by atoms with Crippen LogP contribution in [0.4, 0.5) is 0 Å². The highest BCUT2D eigenvalue weighted by molar-refractivity contribution is 6.24. The van der Waals surface area contributed by atoms with E-state index in [4.69, 9.17) is 0 Å². The second kappa shape index (κ2) is 12.7. The number of allylic oxidation sites excluding steroid dienone is 6. The Morgan fingerprint density at radius 2 is 0.800 bits per heavy atom. The van der Waals surface area contributed by atoms with E-state index in [-0.39, 0.29) is 0 Å². The van der Waals surface area contributed by atoms with Gasteiger partial charge in [-0.1, -0.05) is 194 Å². The topological polar surface area (TPSA) is 0 Å². The fourth-order valence-electron chi connectivity index (χ4n) is 7.89. The zero-order valence-corrected chi connectivity index (χ0v) is 28.1. The van der Waals surface area contributed by atoms with Gasteiger partial charge in [0.15, 0.2) is 0 Å². The first-order valence-electron chi connectivity index (χ1n) is 17.5. The third-order valence-corrected chi connectivity index (χ3v) is 10.2. The maximum absolute atomic E-state index is 2.34. The average Bonchev–Trinajstić information content (AvgIpc) is 3.39. The Morgan fingerprint density at radius 3 is 1.40 bits per heavy atom. The Hall–Kier alpha value is -6.24. The quantitative estimate of drug-likeness (QED) is 0.165. The van der Waals surface area contributed by atoms with E-state index in [1.807, 2.05) is 0 Å². The summed E-state index contributed by atoms with van der Waals surface area (Å²) >= 11 is 0. The minimum absolute atomic E-state index is 0.955. The molecule has 8 aromatic carbocycles. The van der Waals surface area contributed by atoms with Gasteiger partial charge in [0.1, 0.15) is 0 Å². The van der Waals surface area contributed by atoms with Crippen LogP contribution in [0.25, 0.3) is 76.8 Å². The van der Waals surface area contributed by atoms with Gasteiger partial charge in [0.25, 0.3) is 0 Å². The van der Waals surface area contributed by atoms with Crippen LogP contribution in [-0.4, -0.2) is 0 Å². The van der Waals surface area contributed by atoms with Gasteiger partial charge in [-0.05, 0) is 101 Å². The Balaban J connectivity index is 1.20. The van der Waals surface area contributed by atoms with Gasteiger partial charge in [-0.3, -0.25) is 0 Å². The van der Waals surface area contributed by atoms with Crippen molar-refractivity contribution >= 4 is 43.5 Å². The van der Waals surface area contributed by atoms with Crippen molar-refractivity contribution in [2.75, 3.05) is 0 Å². The van der Waals surface area contributed by atoms with Crippen molar-refractivity contribution < 1.29 is 0 Å². The lowest BCUT2D eigenvalue weighted by Gasteiger charge is -2.20. The van der Waals surface area contributed by atoms with Crippen LogP contribution >= 0.6 is 0 Å². The van der Waals surface area contributed by atoms with Crippen molar-refractivity contribution in [1.29, 1.82) is 0 Å². The van der Waals surface area contributed by atoms with E-state index in [2.05, 4.69) is 195 Å². The first-order valence-corrected chi connectivity index (χ1v) is 17.5. The first kappa shape index (κ1) is 29.9. The molecule has 0 nitrogen and oxygen atoms in total. The highest BCUT2D eigenvalue weighted by atomic mass is 14.2. The largest absolute Gasteiger partial charge is 0.0683 e. The van der Waals surface area contributed by atoms with Crippen molar-refractivity contribution in [3.05, 3.63) is 205 Å². The van der Waals surface area contributed by atoms with Crippen molar-refractivity contribution in [3.8, 4) is 33.4 Å². The summed E-state index contributed by atoms with van der Waals surface area (Å²) in [5.74, 6) is 0. The van der Waals surface area contributed by atoms with E-state index in [0.29, 0.717) is 0 Å². The molecule has 0 aromatic heterocycles. The molecule has 9 rings (SSSR count). The van der Waals surface area contributed by atoms with Crippen LogP contribution in [0.5, 0.6) is 0 Å². The highest BCUT2D eigenvalue weighted by Crippen LogP contribution is 2.46. The molecule has 8 aromatic rings. The van der Waals surface area contributed by atoms with Crippen LogP contribution in [0, 0.1) is 0 Å². The van der Waals surface area contributed by atoms with Gasteiger partial charge < -0.3 is 0 Å². The second-order valence-electron chi connectivity index (χ2n) is 13.3. The highest BCUT2D eigenvalue weighted by Gasteiger charge is 2.19. The molecular formula is C50H36. The van der Waals surface area contributed by atoms with Crippen LogP contribution in [0.2, 0.25) is 0 Å². The van der Waals surface area contributed by atoms with Crippen molar-refractivity contribution in [2.45, 2.75) is 13.3 Å². The van der Waals surface area contributed by atoms with Crippen molar-refractivity contribution in [2.24, 2.45) is 0 Å². The molecule has 0 radical (unpaired) electrons. The van der Waals surface area contributed by atoms with Gasteiger partial charge >= 0.3 is 0 Å². The summed E-state index contributed by atoms with van der Waals surface area (Å²) in [5, 5.41) is 7.62. The predicted octanol–water partition coefficient (Wildman–Crippen LogP) is 14.0. The fraction of sp³-hybridized carbons (Fsp3) is 0.0400. The molecule has 0 saturated carbocycles. The minimum atomic E-state index is 0.955. The molecule has 0 heteroatoms. The zero-order chi connectivity index (χ0) is 33.4. The van der Waals surface area contributed by atoms with Crippen molar-refractivity contribution in [3.63, 3.8) is 0 Å². The van der Waals surface area contributed by atoms with Gasteiger partial charge in [0.2, 0.25) is 0 Å². The third-order valence-electron chi connectivity index (χ3n) is 10.2. The maximum Gasteiger partial charge on any atom is -0.00201 e. The second-order valence-corrected chi connectivity index (χ2v) is 13.3. The molecule has 50 heavy (non-hydrogen) atoms. The number of hydrogen-bond donors (Lipinski definition) is 0. The van der Waals surface area contributed by atoms with E-state index >= 15 is 0 Å². The van der Waals surface area contributed by atoms with E-state index < -0.39 is 0 Å². The Bertz CT molecular complexity index is 2580. The molecule has 0 amide bonds. The Kier molecular flexibility index (Phi) is 7.56. The first-order chi connectivity index (χ1) is 24.7. The molecule has 0 unspecified atom stereocenters. The summed E-state index contributed by atoms with van der Waals surface area (Å²) in [6, 6.07) is 62.1. The number of rotatable bonds is 5. The molecule has 0 N–H and O–H groups in total. The van der Waals surface area contributed by atoms with Crippen LogP contribution in [0.15, 0.2) is 194 Å². The lowest BCUT2D eigenvalue weighted by atomic mass is 9.83. The monoisotopic (exact) mass is 636 g/mol. The van der Waals surface area contributed by atoms with Crippen LogP contribution in [-0.2, 0) is 0 Å². The number of hydrogen-bond acceptors (Lipinski definition) is 0. The fourth-order valence-corrected chi connectivity index (χ4v) is 7.89. The molecule has 1 aliphatic carbocycles. The van der Waals surface area contributed by atoms with Crippen LogP contribution < -0.4 is 0 Å². The standard InChI is InChI=1S/C50H36/c1-34-32-39(35-14-4-2-5-15-35)28-29-40(33-34)36-24-26-38(27-25-36)49-44-20-10-12-22-46(44)50(47-23-13-11-21-45(47)49)48-31-30-41(37-16-6-3-7-17-37)42-18-8-9-19-43(42)48/h2-31,33H,32H2,1H3. The average molecular weight is 637 g/mol. The van der Waals surface area contributed by atoms with Crippen LogP contribution in [0.3, 0.4) is 0 Å². The maximum atomic E-state index is 2.34. The molecule has 0 fully saturated rings. The molecule has 0 bridgehead atoms. The third kappa shape index (κ3) is 5.27. The molecule has 0 aliphatic heterocycles. The summed E-state index contributed by atoms with van der Waals surface area (Å²) in [7, 11) is 0. The van der Waals surface area contributed by atoms with E-state index in [1.165, 1.54) is 93.5 Å². The number of fused-ring (bicyclic) bond motifs is 3. The number of benzene rings is 8. The zero-order valence-electron chi connectivity index (χ0n) is 28.1. The van der Waals surface area contributed by atoms with Gasteiger partial charge in [-0.2, -0.15) is 0 Å². The summed E-state index contributed by atoms with van der Waals surface area (Å²) in [6.07, 6.45) is 7.87. The van der Waals surface area contributed by atoms with Gasteiger partial charge in [0, 0.05) is 0 Å².